The van der Waals surface area contributed by atoms with Crippen molar-refractivity contribution in [3.8, 4) is 11.5 Å². The number of phenols is 1. The van der Waals surface area contributed by atoms with Crippen molar-refractivity contribution in [1.82, 2.24) is 8.54 Å². The Bertz CT molecular complexity index is 898. The summed E-state index contributed by atoms with van der Waals surface area (Å²) in [5, 5.41) is 9.57. The Morgan fingerprint density at radius 1 is 1.45 bits per heavy atom. The molecule has 1 aromatic carbocycles. The first kappa shape index (κ1) is 14.9. The summed E-state index contributed by atoms with van der Waals surface area (Å²) in [6, 6.07) is 4.64. The second kappa shape index (κ2) is 5.03. The lowest BCUT2D eigenvalue weighted by Gasteiger charge is -2.27. The minimum atomic E-state index is -3.51. The number of nitrogen functional groups attached to an aromatic ring is 1. The summed E-state index contributed by atoms with van der Waals surface area (Å²) in [4.78, 5) is 0. The number of hydrogen-bond acceptors (Lipinski definition) is 6. The number of hydrogen-bond donors (Lipinski definition) is 2. The number of rotatable bonds is 2. The number of aromatic hydroxyl groups is 1. The first-order valence-corrected chi connectivity index (χ1v) is 8.77. The highest BCUT2D eigenvalue weighted by molar-refractivity contribution is 7.89. The fourth-order valence-corrected chi connectivity index (χ4v) is 3.97. The Labute approximate surface area is 132 Å². The van der Waals surface area contributed by atoms with Crippen LogP contribution in [-0.2, 0) is 16.4 Å². The van der Waals surface area contributed by atoms with Crippen LogP contribution < -0.4 is 10.5 Å². The van der Waals surface area contributed by atoms with E-state index in [0.717, 1.165) is 15.8 Å². The molecule has 0 aliphatic carbocycles. The highest BCUT2D eigenvalue weighted by Crippen LogP contribution is 2.33. The molecule has 3 N–H and O–H groups in total. The summed E-state index contributed by atoms with van der Waals surface area (Å²) in [5.74, 6) is 1.10. The van der Waals surface area contributed by atoms with Gasteiger partial charge in [0.05, 0.1) is 18.5 Å². The third-order valence-electron chi connectivity index (χ3n) is 3.58. The van der Waals surface area contributed by atoms with Crippen LogP contribution in [0, 0.1) is 4.77 Å². The molecule has 1 aromatic heterocycles. The average Bonchev–Trinajstić information content (AvgIpc) is 2.73. The molecule has 0 bridgehead atoms. The quantitative estimate of drug-likeness (QED) is 0.799. The Morgan fingerprint density at radius 3 is 2.82 bits per heavy atom. The van der Waals surface area contributed by atoms with Crippen LogP contribution in [-0.4, -0.2) is 34.9 Å². The van der Waals surface area contributed by atoms with Gasteiger partial charge in [0.25, 0.3) is 0 Å². The lowest BCUT2D eigenvalue weighted by molar-refractivity contribution is 0.223. The average molecular weight is 341 g/mol. The molecule has 2 aromatic rings. The summed E-state index contributed by atoms with van der Waals surface area (Å²) in [6.07, 6.45) is 2.91. The standard InChI is InChI=1S/C13H15N3O4S2/c1-22(18,19)15-6-12(14)16(13(15)21)9-4-8-5-10(17)2-3-11(8)20-7-9/h2-3,5-6,9,17H,4,7,14H2,1H3/t9-/m1/s1. The van der Waals surface area contributed by atoms with Gasteiger partial charge in [-0.15, -0.1) is 0 Å². The highest BCUT2D eigenvalue weighted by Gasteiger charge is 2.25. The first-order chi connectivity index (χ1) is 10.3. The third-order valence-corrected chi connectivity index (χ3v) is 5.08. The van der Waals surface area contributed by atoms with Gasteiger partial charge in [-0.05, 0) is 36.0 Å². The number of benzene rings is 1. The zero-order chi connectivity index (χ0) is 16.1. The zero-order valence-electron chi connectivity index (χ0n) is 11.8. The van der Waals surface area contributed by atoms with Crippen molar-refractivity contribution in [2.24, 2.45) is 0 Å². The molecule has 3 rings (SSSR count). The Balaban J connectivity index is 2.04. The molecule has 1 aliphatic heterocycles. The van der Waals surface area contributed by atoms with Gasteiger partial charge in [-0.25, -0.2) is 12.4 Å². The highest BCUT2D eigenvalue weighted by atomic mass is 32.2. The van der Waals surface area contributed by atoms with Crippen molar-refractivity contribution in [1.29, 1.82) is 0 Å². The van der Waals surface area contributed by atoms with Crippen LogP contribution in [0.4, 0.5) is 5.82 Å². The maximum absolute atomic E-state index is 11.7. The number of fused-ring (bicyclic) bond motifs is 1. The minimum absolute atomic E-state index is 0.109. The van der Waals surface area contributed by atoms with E-state index in [-0.39, 0.29) is 22.4 Å². The molecular weight excluding hydrogens is 326 g/mol. The van der Waals surface area contributed by atoms with Gasteiger partial charge in [0, 0.05) is 6.42 Å². The van der Waals surface area contributed by atoms with Crippen molar-refractivity contribution < 1.29 is 18.3 Å². The fourth-order valence-electron chi connectivity index (χ4n) is 2.59. The normalized spacial score (nSPS) is 17.8. The second-order valence-corrected chi connectivity index (χ2v) is 7.45. The van der Waals surface area contributed by atoms with Crippen LogP contribution in [0.3, 0.4) is 0 Å². The molecule has 0 radical (unpaired) electrons. The second-order valence-electron chi connectivity index (χ2n) is 5.23. The van der Waals surface area contributed by atoms with Gasteiger partial charge in [-0.3, -0.25) is 4.57 Å². The largest absolute Gasteiger partial charge is 0.508 e. The number of ether oxygens (including phenoxy) is 1. The molecular formula is C13H15N3O4S2. The van der Waals surface area contributed by atoms with Gasteiger partial charge in [-0.2, -0.15) is 0 Å². The van der Waals surface area contributed by atoms with Crippen molar-refractivity contribution in [3.05, 3.63) is 34.7 Å². The maximum Gasteiger partial charge on any atom is 0.237 e. The molecule has 0 fully saturated rings. The van der Waals surface area contributed by atoms with Gasteiger partial charge in [0.15, 0.2) is 4.77 Å². The first-order valence-electron chi connectivity index (χ1n) is 6.52. The number of nitrogens with two attached hydrogens (primary N) is 1. The summed E-state index contributed by atoms with van der Waals surface area (Å²) in [7, 11) is -3.51. The molecule has 22 heavy (non-hydrogen) atoms. The Morgan fingerprint density at radius 2 is 2.18 bits per heavy atom. The molecule has 7 nitrogen and oxygen atoms in total. The van der Waals surface area contributed by atoms with Gasteiger partial charge in [-0.1, -0.05) is 0 Å². The van der Waals surface area contributed by atoms with E-state index in [1.807, 2.05) is 0 Å². The SMILES string of the molecule is CS(=O)(=O)n1cc(N)n([C@H]2COc3ccc(O)cc3C2)c1=S. The molecule has 0 saturated heterocycles. The van der Waals surface area contributed by atoms with Crippen molar-refractivity contribution in [3.63, 3.8) is 0 Å². The van der Waals surface area contributed by atoms with E-state index in [2.05, 4.69) is 0 Å². The number of imidazole rings is 1. The minimum Gasteiger partial charge on any atom is -0.508 e. The predicted octanol–water partition coefficient (Wildman–Crippen LogP) is 1.29. The van der Waals surface area contributed by atoms with Gasteiger partial charge < -0.3 is 15.6 Å². The molecule has 0 saturated carbocycles. The van der Waals surface area contributed by atoms with Crippen LogP contribution in [0.2, 0.25) is 0 Å². The number of nitrogens with zero attached hydrogens (tertiary/aromatic N) is 2. The van der Waals surface area contributed by atoms with Crippen LogP contribution in [0.5, 0.6) is 11.5 Å². The molecule has 0 amide bonds. The van der Waals surface area contributed by atoms with Crippen LogP contribution in [0.25, 0.3) is 0 Å². The van der Waals surface area contributed by atoms with E-state index in [0.29, 0.717) is 18.8 Å². The number of phenolic OH excluding ortho intramolecular Hbond substituents is 1. The van der Waals surface area contributed by atoms with Crippen molar-refractivity contribution >= 4 is 28.1 Å². The van der Waals surface area contributed by atoms with Crippen molar-refractivity contribution in [2.75, 3.05) is 18.6 Å². The third kappa shape index (κ3) is 2.46. The number of aromatic nitrogens is 2. The van der Waals surface area contributed by atoms with E-state index < -0.39 is 10.0 Å². The van der Waals surface area contributed by atoms with E-state index in [4.69, 9.17) is 22.7 Å². The molecule has 1 aliphatic rings. The van der Waals surface area contributed by atoms with E-state index >= 15 is 0 Å². The number of anilines is 1. The Hall–Kier alpha value is -2.00. The van der Waals surface area contributed by atoms with Gasteiger partial charge in [0.1, 0.15) is 23.9 Å². The zero-order valence-corrected chi connectivity index (χ0v) is 13.4. The van der Waals surface area contributed by atoms with E-state index in [1.54, 1.807) is 22.8 Å². The summed E-state index contributed by atoms with van der Waals surface area (Å²) < 4.78 is 31.7. The van der Waals surface area contributed by atoms with Gasteiger partial charge in [0.2, 0.25) is 10.0 Å². The summed E-state index contributed by atoms with van der Waals surface area (Å²) in [5.41, 5.74) is 6.75. The fraction of sp³-hybridized carbons (Fsp3) is 0.308. The monoisotopic (exact) mass is 341 g/mol. The van der Waals surface area contributed by atoms with E-state index in [1.165, 1.54) is 6.20 Å². The Kier molecular flexibility index (Phi) is 3.41. The molecule has 1 atom stereocenters. The topological polar surface area (TPSA) is 99.5 Å². The van der Waals surface area contributed by atoms with Crippen molar-refractivity contribution in [2.45, 2.75) is 12.5 Å². The lowest BCUT2D eigenvalue weighted by Crippen LogP contribution is -2.26. The summed E-state index contributed by atoms with van der Waals surface area (Å²) >= 11 is 5.23. The van der Waals surface area contributed by atoms with Gasteiger partial charge >= 0.3 is 0 Å². The molecule has 2 heterocycles. The van der Waals surface area contributed by atoms with E-state index in [9.17, 15) is 13.5 Å². The lowest BCUT2D eigenvalue weighted by atomic mass is 10.0. The predicted molar refractivity (Wildman–Crippen MR) is 84.3 cm³/mol. The molecule has 0 spiro atoms. The maximum atomic E-state index is 11.7. The molecule has 118 valence electrons. The summed E-state index contributed by atoms with van der Waals surface area (Å²) in [6.45, 7) is 0.323. The van der Waals surface area contributed by atoms with Crippen LogP contribution in [0.15, 0.2) is 24.4 Å². The molecule has 9 heteroatoms. The van der Waals surface area contributed by atoms with Crippen LogP contribution in [0.1, 0.15) is 11.6 Å². The molecule has 0 unspecified atom stereocenters. The van der Waals surface area contributed by atoms with Crippen LogP contribution >= 0.6 is 12.2 Å². The smallest absolute Gasteiger partial charge is 0.237 e.